The van der Waals surface area contributed by atoms with E-state index in [0.29, 0.717) is 13.0 Å². The zero-order valence-corrected chi connectivity index (χ0v) is 11.0. The second kappa shape index (κ2) is 7.43. The number of hydrogen-bond acceptors (Lipinski definition) is 3. The zero-order valence-electron chi connectivity index (χ0n) is 11.0. The van der Waals surface area contributed by atoms with Gasteiger partial charge in [0.05, 0.1) is 6.61 Å². The standard InChI is InChI=1S/C16H17NO3/c18-16(19)15(11-13-7-3-1-4-8-13)17-20-12-14-9-5-2-6-10-14/h1-10,15,17H,11-12H2,(H,18,19). The molecule has 2 aromatic carbocycles. The van der Waals surface area contributed by atoms with Gasteiger partial charge in [0, 0.05) is 6.42 Å². The third-order valence-electron chi connectivity index (χ3n) is 2.89. The van der Waals surface area contributed by atoms with Crippen LogP contribution in [0.1, 0.15) is 11.1 Å². The highest BCUT2D eigenvalue weighted by molar-refractivity contribution is 5.73. The first-order valence-electron chi connectivity index (χ1n) is 6.43. The number of carbonyl (C=O) groups is 1. The number of aliphatic carboxylic acids is 1. The van der Waals surface area contributed by atoms with Crippen molar-refractivity contribution in [2.45, 2.75) is 19.1 Å². The first-order chi connectivity index (χ1) is 9.75. The molecule has 0 aromatic heterocycles. The van der Waals surface area contributed by atoms with Crippen molar-refractivity contribution in [2.24, 2.45) is 0 Å². The summed E-state index contributed by atoms with van der Waals surface area (Å²) in [4.78, 5) is 16.5. The van der Waals surface area contributed by atoms with Gasteiger partial charge in [-0.1, -0.05) is 60.7 Å². The first-order valence-corrected chi connectivity index (χ1v) is 6.43. The van der Waals surface area contributed by atoms with Crippen LogP contribution < -0.4 is 5.48 Å². The smallest absolute Gasteiger partial charge is 0.323 e. The summed E-state index contributed by atoms with van der Waals surface area (Å²) in [5.41, 5.74) is 4.56. The van der Waals surface area contributed by atoms with Crippen molar-refractivity contribution in [1.82, 2.24) is 5.48 Å². The summed E-state index contributed by atoms with van der Waals surface area (Å²) in [5.74, 6) is -0.929. The number of carboxylic acids is 1. The minimum absolute atomic E-state index is 0.333. The van der Waals surface area contributed by atoms with Gasteiger partial charge in [0.25, 0.3) is 0 Å². The number of hydroxylamine groups is 1. The Hall–Kier alpha value is -2.17. The number of carboxylic acid groups (broad SMARTS) is 1. The minimum atomic E-state index is -0.929. The van der Waals surface area contributed by atoms with Crippen molar-refractivity contribution in [1.29, 1.82) is 0 Å². The minimum Gasteiger partial charge on any atom is -0.480 e. The lowest BCUT2D eigenvalue weighted by molar-refractivity contribution is -0.144. The molecule has 1 atom stereocenters. The maximum atomic E-state index is 11.2. The van der Waals surface area contributed by atoms with Crippen LogP contribution in [0.2, 0.25) is 0 Å². The molecule has 0 saturated carbocycles. The monoisotopic (exact) mass is 271 g/mol. The van der Waals surface area contributed by atoms with Gasteiger partial charge in [0.15, 0.2) is 0 Å². The number of rotatable bonds is 7. The molecule has 0 aliphatic carbocycles. The Morgan fingerprint density at radius 3 is 2.10 bits per heavy atom. The highest BCUT2D eigenvalue weighted by Crippen LogP contribution is 2.05. The lowest BCUT2D eigenvalue weighted by Gasteiger charge is -2.14. The molecule has 2 rings (SSSR count). The average Bonchev–Trinajstić information content (AvgIpc) is 2.48. The Bertz CT molecular complexity index is 528. The summed E-state index contributed by atoms with van der Waals surface area (Å²) in [7, 11) is 0. The van der Waals surface area contributed by atoms with Gasteiger partial charge < -0.3 is 5.11 Å². The van der Waals surface area contributed by atoms with Crippen molar-refractivity contribution >= 4 is 5.97 Å². The zero-order chi connectivity index (χ0) is 14.2. The molecule has 104 valence electrons. The van der Waals surface area contributed by atoms with Crippen LogP contribution in [0.4, 0.5) is 0 Å². The molecule has 4 heteroatoms. The van der Waals surface area contributed by atoms with E-state index >= 15 is 0 Å². The Morgan fingerprint density at radius 2 is 1.55 bits per heavy atom. The molecular weight excluding hydrogens is 254 g/mol. The molecule has 1 unspecified atom stereocenters. The molecular formula is C16H17NO3. The fourth-order valence-electron chi connectivity index (χ4n) is 1.83. The molecule has 4 nitrogen and oxygen atoms in total. The van der Waals surface area contributed by atoms with E-state index in [-0.39, 0.29) is 0 Å². The average molecular weight is 271 g/mol. The highest BCUT2D eigenvalue weighted by Gasteiger charge is 2.17. The summed E-state index contributed by atoms with van der Waals surface area (Å²) in [6, 6.07) is 18.3. The molecule has 0 saturated heterocycles. The van der Waals surface area contributed by atoms with Crippen molar-refractivity contribution in [2.75, 3.05) is 0 Å². The van der Waals surface area contributed by atoms with Crippen LogP contribution >= 0.6 is 0 Å². The molecule has 0 bridgehead atoms. The molecule has 0 aliphatic rings. The van der Waals surface area contributed by atoms with E-state index in [1.54, 1.807) is 0 Å². The lowest BCUT2D eigenvalue weighted by Crippen LogP contribution is -2.38. The number of nitrogens with one attached hydrogen (secondary N) is 1. The molecule has 0 aliphatic heterocycles. The van der Waals surface area contributed by atoms with Gasteiger partial charge >= 0.3 is 5.97 Å². The van der Waals surface area contributed by atoms with Crippen LogP contribution in [0.15, 0.2) is 60.7 Å². The maximum Gasteiger partial charge on any atom is 0.323 e. The Morgan fingerprint density at radius 1 is 1.00 bits per heavy atom. The Kier molecular flexibility index (Phi) is 5.29. The summed E-state index contributed by atoms with van der Waals surface area (Å²) in [5, 5.41) is 9.19. The predicted molar refractivity (Wildman–Crippen MR) is 75.9 cm³/mol. The third-order valence-corrected chi connectivity index (χ3v) is 2.89. The summed E-state index contributed by atoms with van der Waals surface area (Å²) >= 11 is 0. The fraction of sp³-hybridized carbons (Fsp3) is 0.188. The third kappa shape index (κ3) is 4.50. The van der Waals surface area contributed by atoms with E-state index in [0.717, 1.165) is 11.1 Å². The van der Waals surface area contributed by atoms with Crippen LogP contribution in [-0.2, 0) is 22.7 Å². The van der Waals surface area contributed by atoms with Gasteiger partial charge in [-0.25, -0.2) is 0 Å². The lowest BCUT2D eigenvalue weighted by atomic mass is 10.1. The predicted octanol–water partition coefficient (Wildman–Crippen LogP) is 2.40. The van der Waals surface area contributed by atoms with Crippen LogP contribution in [-0.4, -0.2) is 17.1 Å². The quantitative estimate of drug-likeness (QED) is 0.759. The van der Waals surface area contributed by atoms with Gasteiger partial charge in [0.2, 0.25) is 0 Å². The normalized spacial score (nSPS) is 12.0. The summed E-state index contributed by atoms with van der Waals surface area (Å²) in [6.07, 6.45) is 0.380. The molecule has 0 radical (unpaired) electrons. The van der Waals surface area contributed by atoms with E-state index in [1.807, 2.05) is 60.7 Å². The van der Waals surface area contributed by atoms with E-state index in [2.05, 4.69) is 5.48 Å². The number of benzene rings is 2. The second-order valence-electron chi connectivity index (χ2n) is 4.47. The van der Waals surface area contributed by atoms with Crippen molar-refractivity contribution in [3.05, 3.63) is 71.8 Å². The molecule has 20 heavy (non-hydrogen) atoms. The molecule has 0 spiro atoms. The number of hydrogen-bond donors (Lipinski definition) is 2. The van der Waals surface area contributed by atoms with Gasteiger partial charge in [-0.2, -0.15) is 5.48 Å². The SMILES string of the molecule is O=C(O)C(Cc1ccccc1)NOCc1ccccc1. The van der Waals surface area contributed by atoms with Crippen molar-refractivity contribution in [3.63, 3.8) is 0 Å². The van der Waals surface area contributed by atoms with Crippen molar-refractivity contribution < 1.29 is 14.7 Å². The van der Waals surface area contributed by atoms with E-state index in [4.69, 9.17) is 4.84 Å². The highest BCUT2D eigenvalue weighted by atomic mass is 16.6. The topological polar surface area (TPSA) is 58.6 Å². The first kappa shape index (κ1) is 14.2. The second-order valence-corrected chi connectivity index (χ2v) is 4.47. The van der Waals surface area contributed by atoms with Gasteiger partial charge in [-0.3, -0.25) is 9.63 Å². The molecule has 0 amide bonds. The van der Waals surface area contributed by atoms with Gasteiger partial charge in [0.1, 0.15) is 6.04 Å². The van der Waals surface area contributed by atoms with Crippen LogP contribution in [0.3, 0.4) is 0 Å². The molecule has 0 fully saturated rings. The summed E-state index contributed by atoms with van der Waals surface area (Å²) < 4.78 is 0. The Balaban J connectivity index is 1.85. The van der Waals surface area contributed by atoms with E-state index in [9.17, 15) is 9.90 Å². The molecule has 2 N–H and O–H groups in total. The van der Waals surface area contributed by atoms with Crippen LogP contribution in [0.5, 0.6) is 0 Å². The van der Waals surface area contributed by atoms with E-state index in [1.165, 1.54) is 0 Å². The van der Waals surface area contributed by atoms with Gasteiger partial charge in [-0.05, 0) is 11.1 Å². The van der Waals surface area contributed by atoms with Crippen molar-refractivity contribution in [3.8, 4) is 0 Å². The van der Waals surface area contributed by atoms with Crippen LogP contribution in [0.25, 0.3) is 0 Å². The Labute approximate surface area is 118 Å². The molecule has 0 heterocycles. The largest absolute Gasteiger partial charge is 0.480 e. The van der Waals surface area contributed by atoms with Gasteiger partial charge in [-0.15, -0.1) is 0 Å². The molecule has 2 aromatic rings. The fourth-order valence-corrected chi connectivity index (χ4v) is 1.83. The van der Waals surface area contributed by atoms with E-state index < -0.39 is 12.0 Å². The summed E-state index contributed by atoms with van der Waals surface area (Å²) in [6.45, 7) is 0.333. The maximum absolute atomic E-state index is 11.2. The van der Waals surface area contributed by atoms with Crippen LogP contribution in [0, 0.1) is 0 Å².